The molecule has 6 heteroatoms. The molecular formula is C14H17BrF2N2O. The maximum atomic E-state index is 12.6. The zero-order valence-corrected chi connectivity index (χ0v) is 13.0. The third-order valence-electron chi connectivity index (χ3n) is 3.31. The Labute approximate surface area is 125 Å². The monoisotopic (exact) mass is 346 g/mol. The molecule has 1 aromatic rings. The van der Waals surface area contributed by atoms with Crippen molar-refractivity contribution in [3.05, 3.63) is 27.7 Å². The first-order valence-corrected chi connectivity index (χ1v) is 7.30. The molecule has 1 aromatic carbocycles. The quantitative estimate of drug-likeness (QED) is 0.864. The number of carbonyl (C=O) groups excluding carboxylic acids is 1. The molecule has 0 saturated heterocycles. The Balaban J connectivity index is 2.14. The number of nitrogens with zero attached hydrogens (tertiary/aromatic N) is 1. The molecule has 0 atom stereocenters. The highest BCUT2D eigenvalue weighted by atomic mass is 79.9. The number of aryl methyl sites for hydroxylation is 2. The van der Waals surface area contributed by atoms with Crippen LogP contribution in [-0.2, 0) is 0 Å². The first kappa shape index (κ1) is 15.2. The molecular weight excluding hydrogens is 330 g/mol. The molecule has 0 spiro atoms. The van der Waals surface area contributed by atoms with E-state index in [0.717, 1.165) is 28.4 Å². The number of amides is 2. The van der Waals surface area contributed by atoms with E-state index in [1.165, 1.54) is 4.90 Å². The van der Waals surface area contributed by atoms with Gasteiger partial charge in [-0.25, -0.2) is 13.6 Å². The third kappa shape index (κ3) is 3.69. The van der Waals surface area contributed by atoms with Crippen LogP contribution in [0.5, 0.6) is 0 Å². The highest BCUT2D eigenvalue weighted by molar-refractivity contribution is 9.10. The molecule has 0 aliphatic heterocycles. The van der Waals surface area contributed by atoms with Gasteiger partial charge in [0.1, 0.15) is 0 Å². The van der Waals surface area contributed by atoms with E-state index in [9.17, 15) is 13.6 Å². The number of urea groups is 1. The minimum Gasteiger partial charge on any atom is -0.316 e. The molecule has 0 unspecified atom stereocenters. The highest BCUT2D eigenvalue weighted by Gasteiger charge is 2.34. The minimum absolute atomic E-state index is 0.0416. The molecule has 0 bridgehead atoms. The van der Waals surface area contributed by atoms with Gasteiger partial charge < -0.3 is 10.2 Å². The van der Waals surface area contributed by atoms with Gasteiger partial charge in [0.05, 0.1) is 6.54 Å². The molecule has 1 saturated carbocycles. The van der Waals surface area contributed by atoms with Crippen molar-refractivity contribution < 1.29 is 13.6 Å². The number of hydrogen-bond acceptors (Lipinski definition) is 1. The van der Waals surface area contributed by atoms with Crippen molar-refractivity contribution in [3.63, 3.8) is 0 Å². The van der Waals surface area contributed by atoms with Crippen molar-refractivity contribution in [2.75, 3.05) is 11.9 Å². The Kier molecular flexibility index (Phi) is 4.62. The highest BCUT2D eigenvalue weighted by Crippen LogP contribution is 2.30. The van der Waals surface area contributed by atoms with Gasteiger partial charge in [-0.15, -0.1) is 0 Å². The van der Waals surface area contributed by atoms with Crippen LogP contribution < -0.4 is 5.32 Å². The Morgan fingerprint density at radius 1 is 1.40 bits per heavy atom. The summed E-state index contributed by atoms with van der Waals surface area (Å²) in [5.74, 6) is 0. The summed E-state index contributed by atoms with van der Waals surface area (Å²) in [4.78, 5) is 13.4. The van der Waals surface area contributed by atoms with Gasteiger partial charge in [0.25, 0.3) is 6.43 Å². The van der Waals surface area contributed by atoms with E-state index < -0.39 is 19.0 Å². The van der Waals surface area contributed by atoms with Crippen LogP contribution in [0.4, 0.5) is 19.3 Å². The van der Waals surface area contributed by atoms with Gasteiger partial charge in [-0.3, -0.25) is 0 Å². The smallest absolute Gasteiger partial charge is 0.316 e. The summed E-state index contributed by atoms with van der Waals surface area (Å²) >= 11 is 3.39. The van der Waals surface area contributed by atoms with E-state index in [0.29, 0.717) is 5.69 Å². The SMILES string of the molecule is Cc1cc(Br)cc(C)c1NC(=O)N(CC(F)F)C1CC1. The van der Waals surface area contributed by atoms with Crippen molar-refractivity contribution in [1.82, 2.24) is 4.90 Å². The average Bonchev–Trinajstić information content (AvgIpc) is 3.14. The number of hydrogen-bond donors (Lipinski definition) is 1. The third-order valence-corrected chi connectivity index (χ3v) is 3.77. The Morgan fingerprint density at radius 2 is 1.95 bits per heavy atom. The molecule has 0 aromatic heterocycles. The fourth-order valence-corrected chi connectivity index (χ4v) is 2.91. The van der Waals surface area contributed by atoms with Gasteiger partial charge in [0.2, 0.25) is 0 Å². The predicted octanol–water partition coefficient (Wildman–Crippen LogP) is 4.33. The van der Waals surface area contributed by atoms with Crippen LogP contribution in [0.2, 0.25) is 0 Å². The maximum absolute atomic E-state index is 12.6. The second-order valence-electron chi connectivity index (χ2n) is 5.12. The number of carbonyl (C=O) groups is 1. The number of anilines is 1. The van der Waals surface area contributed by atoms with Gasteiger partial charge in [-0.2, -0.15) is 0 Å². The second kappa shape index (κ2) is 6.08. The molecule has 20 heavy (non-hydrogen) atoms. The summed E-state index contributed by atoms with van der Waals surface area (Å²) in [7, 11) is 0. The Bertz CT molecular complexity index is 495. The van der Waals surface area contributed by atoms with Crippen molar-refractivity contribution in [3.8, 4) is 0 Å². The zero-order chi connectivity index (χ0) is 14.9. The summed E-state index contributed by atoms with van der Waals surface area (Å²) in [5, 5.41) is 2.77. The first-order valence-electron chi connectivity index (χ1n) is 6.51. The van der Waals surface area contributed by atoms with Crippen LogP contribution in [0.1, 0.15) is 24.0 Å². The molecule has 1 aliphatic rings. The lowest BCUT2D eigenvalue weighted by Crippen LogP contribution is -2.40. The fraction of sp³-hybridized carbons (Fsp3) is 0.500. The molecule has 0 heterocycles. The van der Waals surface area contributed by atoms with Gasteiger partial charge in [0.15, 0.2) is 0 Å². The molecule has 1 N–H and O–H groups in total. The zero-order valence-electron chi connectivity index (χ0n) is 11.4. The van der Waals surface area contributed by atoms with Crippen LogP contribution in [0, 0.1) is 13.8 Å². The van der Waals surface area contributed by atoms with Gasteiger partial charge >= 0.3 is 6.03 Å². The molecule has 110 valence electrons. The van der Waals surface area contributed by atoms with Crippen LogP contribution in [0.3, 0.4) is 0 Å². The average molecular weight is 347 g/mol. The molecule has 3 nitrogen and oxygen atoms in total. The summed E-state index contributed by atoms with van der Waals surface area (Å²) in [6, 6.07) is 3.29. The normalized spacial score (nSPS) is 14.5. The second-order valence-corrected chi connectivity index (χ2v) is 6.04. The van der Waals surface area contributed by atoms with Gasteiger partial charge in [0, 0.05) is 16.2 Å². The molecule has 2 amide bonds. The minimum atomic E-state index is -2.51. The number of halogens is 3. The predicted molar refractivity (Wildman–Crippen MR) is 78.4 cm³/mol. The fourth-order valence-electron chi connectivity index (χ4n) is 2.22. The Morgan fingerprint density at radius 3 is 2.40 bits per heavy atom. The van der Waals surface area contributed by atoms with Gasteiger partial charge in [-0.1, -0.05) is 15.9 Å². The lowest BCUT2D eigenvalue weighted by atomic mass is 10.1. The van der Waals surface area contributed by atoms with Crippen LogP contribution in [0.15, 0.2) is 16.6 Å². The van der Waals surface area contributed by atoms with Crippen molar-refractivity contribution in [1.29, 1.82) is 0 Å². The van der Waals surface area contributed by atoms with Crippen LogP contribution in [0.25, 0.3) is 0 Å². The van der Waals surface area contributed by atoms with E-state index in [1.807, 2.05) is 26.0 Å². The summed E-state index contributed by atoms with van der Waals surface area (Å²) in [6.45, 7) is 3.25. The first-order chi connectivity index (χ1) is 9.38. The number of nitrogens with one attached hydrogen (secondary N) is 1. The van der Waals surface area contributed by atoms with Crippen molar-refractivity contribution in [2.24, 2.45) is 0 Å². The summed E-state index contributed by atoms with van der Waals surface area (Å²) in [5.41, 5.74) is 2.49. The van der Waals surface area contributed by atoms with Gasteiger partial charge in [-0.05, 0) is 49.9 Å². The molecule has 1 fully saturated rings. The van der Waals surface area contributed by atoms with Crippen molar-refractivity contribution >= 4 is 27.6 Å². The number of rotatable bonds is 4. The van der Waals surface area contributed by atoms with E-state index in [4.69, 9.17) is 0 Å². The lowest BCUT2D eigenvalue weighted by Gasteiger charge is -2.23. The van der Waals surface area contributed by atoms with Crippen LogP contribution in [-0.4, -0.2) is 29.9 Å². The standard InChI is InChI=1S/C14H17BrF2N2O/c1-8-5-10(15)6-9(2)13(8)18-14(20)19(7-12(16)17)11-3-4-11/h5-6,11-12H,3-4,7H2,1-2H3,(H,18,20). The molecule has 1 aliphatic carbocycles. The summed E-state index contributed by atoms with van der Waals surface area (Å²) < 4.78 is 26.0. The lowest BCUT2D eigenvalue weighted by molar-refractivity contribution is 0.0994. The maximum Gasteiger partial charge on any atom is 0.322 e. The molecule has 2 rings (SSSR count). The van der Waals surface area contributed by atoms with E-state index in [-0.39, 0.29) is 6.04 Å². The topological polar surface area (TPSA) is 32.3 Å². The van der Waals surface area contributed by atoms with E-state index >= 15 is 0 Å². The van der Waals surface area contributed by atoms with Crippen LogP contribution >= 0.6 is 15.9 Å². The molecule has 0 radical (unpaired) electrons. The van der Waals surface area contributed by atoms with E-state index in [2.05, 4.69) is 21.2 Å². The summed E-state index contributed by atoms with van der Waals surface area (Å²) in [6.07, 6.45) is -0.898. The number of benzene rings is 1. The Hall–Kier alpha value is -1.17. The largest absolute Gasteiger partial charge is 0.322 e. The number of alkyl halides is 2. The van der Waals surface area contributed by atoms with Crippen molar-refractivity contribution in [2.45, 2.75) is 39.2 Å². The van der Waals surface area contributed by atoms with E-state index in [1.54, 1.807) is 0 Å².